The molecule has 3 aliphatic carbocycles. The standard InChI is InChI=1S/C17H25N5/c18-15-20-13-12(4-3-7-16(13)5-1-2-6-16)14(21-15)22-17-8-11(17)9-19-10-17/h11,19H,1-10H2,(H3,18,20,21,22)/t11?,17-/m0/s1. The molecule has 5 nitrogen and oxygen atoms in total. The Morgan fingerprint density at radius 2 is 1.95 bits per heavy atom. The number of anilines is 2. The molecule has 3 fully saturated rings. The van der Waals surface area contributed by atoms with Crippen LogP contribution in [-0.4, -0.2) is 28.6 Å². The zero-order chi connectivity index (χ0) is 14.8. The summed E-state index contributed by atoms with van der Waals surface area (Å²) in [5.41, 5.74) is 9.29. The smallest absolute Gasteiger partial charge is 0.222 e. The number of fused-ring (bicyclic) bond motifs is 3. The number of hydrogen-bond acceptors (Lipinski definition) is 5. The summed E-state index contributed by atoms with van der Waals surface area (Å²) in [6.07, 6.45) is 10.2. The molecule has 1 aliphatic heterocycles. The Labute approximate surface area is 131 Å². The van der Waals surface area contributed by atoms with E-state index in [1.165, 1.54) is 56.2 Å². The number of nitrogens with two attached hydrogens (primary N) is 1. The van der Waals surface area contributed by atoms with Crippen LogP contribution in [0.5, 0.6) is 0 Å². The maximum atomic E-state index is 6.09. The molecular formula is C17H25N5. The predicted octanol–water partition coefficient (Wildman–Crippen LogP) is 1.98. The van der Waals surface area contributed by atoms with E-state index in [9.17, 15) is 0 Å². The van der Waals surface area contributed by atoms with E-state index < -0.39 is 0 Å². The molecule has 5 heteroatoms. The first-order valence-corrected chi connectivity index (χ1v) is 8.87. The number of nitrogens with zero attached hydrogens (tertiary/aromatic N) is 2. The van der Waals surface area contributed by atoms with Gasteiger partial charge in [-0.25, -0.2) is 4.98 Å². The Balaban J connectivity index is 1.57. The van der Waals surface area contributed by atoms with Crippen molar-refractivity contribution in [1.29, 1.82) is 0 Å². The van der Waals surface area contributed by atoms with Gasteiger partial charge in [-0.2, -0.15) is 4.98 Å². The van der Waals surface area contributed by atoms with Crippen molar-refractivity contribution in [2.45, 2.75) is 62.3 Å². The van der Waals surface area contributed by atoms with E-state index in [0.29, 0.717) is 11.4 Å². The molecule has 4 N–H and O–H groups in total. The third-order valence-electron chi connectivity index (χ3n) is 6.60. The highest BCUT2D eigenvalue weighted by Crippen LogP contribution is 2.52. The van der Waals surface area contributed by atoms with Crippen molar-refractivity contribution in [3.8, 4) is 0 Å². The molecule has 1 unspecified atom stereocenters. The summed E-state index contributed by atoms with van der Waals surface area (Å²) in [6, 6.07) is 0. The summed E-state index contributed by atoms with van der Waals surface area (Å²) in [7, 11) is 0. The van der Waals surface area contributed by atoms with Crippen LogP contribution in [0, 0.1) is 5.92 Å². The average Bonchev–Trinajstić information content (AvgIpc) is 2.87. The first-order chi connectivity index (χ1) is 10.7. The number of nitrogens with one attached hydrogen (secondary N) is 2. The van der Waals surface area contributed by atoms with Crippen molar-refractivity contribution < 1.29 is 0 Å². The van der Waals surface area contributed by atoms with Crippen LogP contribution in [0.3, 0.4) is 0 Å². The van der Waals surface area contributed by atoms with E-state index in [-0.39, 0.29) is 5.54 Å². The van der Waals surface area contributed by atoms with Crippen molar-refractivity contribution in [2.24, 2.45) is 5.92 Å². The molecule has 5 rings (SSSR count). The first kappa shape index (κ1) is 13.1. The van der Waals surface area contributed by atoms with E-state index in [1.54, 1.807) is 0 Å². The highest BCUT2D eigenvalue weighted by molar-refractivity contribution is 5.56. The molecule has 2 saturated carbocycles. The Morgan fingerprint density at radius 1 is 1.14 bits per heavy atom. The van der Waals surface area contributed by atoms with Gasteiger partial charge in [0.1, 0.15) is 5.82 Å². The van der Waals surface area contributed by atoms with Crippen molar-refractivity contribution in [2.75, 3.05) is 24.1 Å². The highest BCUT2D eigenvalue weighted by Gasteiger charge is 2.58. The van der Waals surface area contributed by atoms with Gasteiger partial charge in [-0.05, 0) is 44.4 Å². The fourth-order valence-electron chi connectivity index (χ4n) is 5.31. The Kier molecular flexibility index (Phi) is 2.59. The Morgan fingerprint density at radius 3 is 2.68 bits per heavy atom. The number of hydrogen-bond donors (Lipinski definition) is 3. The lowest BCUT2D eigenvalue weighted by Gasteiger charge is -2.35. The lowest BCUT2D eigenvalue weighted by molar-refractivity contribution is 0.357. The van der Waals surface area contributed by atoms with Crippen molar-refractivity contribution >= 4 is 11.8 Å². The Hall–Kier alpha value is -1.36. The zero-order valence-corrected chi connectivity index (χ0v) is 13.1. The number of aromatic nitrogens is 2. The molecule has 1 saturated heterocycles. The van der Waals surface area contributed by atoms with Gasteiger partial charge in [-0.15, -0.1) is 0 Å². The van der Waals surface area contributed by atoms with E-state index in [4.69, 9.17) is 10.7 Å². The van der Waals surface area contributed by atoms with Gasteiger partial charge in [0.2, 0.25) is 5.95 Å². The van der Waals surface area contributed by atoms with Crippen LogP contribution in [0.25, 0.3) is 0 Å². The van der Waals surface area contributed by atoms with E-state index in [2.05, 4.69) is 15.6 Å². The van der Waals surface area contributed by atoms with Gasteiger partial charge < -0.3 is 16.4 Å². The summed E-state index contributed by atoms with van der Waals surface area (Å²) < 4.78 is 0. The molecule has 0 radical (unpaired) electrons. The van der Waals surface area contributed by atoms with Crippen LogP contribution in [0.2, 0.25) is 0 Å². The van der Waals surface area contributed by atoms with Gasteiger partial charge in [0.25, 0.3) is 0 Å². The van der Waals surface area contributed by atoms with Gasteiger partial charge in [0, 0.05) is 24.1 Å². The fraction of sp³-hybridized carbons (Fsp3) is 0.765. The second-order valence-electron chi connectivity index (χ2n) is 7.91. The maximum absolute atomic E-state index is 6.09. The summed E-state index contributed by atoms with van der Waals surface area (Å²) >= 11 is 0. The second kappa shape index (κ2) is 4.34. The van der Waals surface area contributed by atoms with E-state index in [0.717, 1.165) is 31.2 Å². The molecule has 118 valence electrons. The zero-order valence-electron chi connectivity index (χ0n) is 13.1. The van der Waals surface area contributed by atoms with Crippen LogP contribution in [0.15, 0.2) is 0 Å². The molecule has 2 atom stereocenters. The monoisotopic (exact) mass is 299 g/mol. The largest absolute Gasteiger partial charge is 0.368 e. The topological polar surface area (TPSA) is 75.9 Å². The third kappa shape index (κ3) is 1.75. The molecule has 1 aromatic rings. The normalized spacial score (nSPS) is 34.5. The molecule has 0 amide bonds. The quantitative estimate of drug-likeness (QED) is 0.778. The van der Waals surface area contributed by atoms with Gasteiger partial charge >= 0.3 is 0 Å². The minimum Gasteiger partial charge on any atom is -0.368 e. The molecule has 4 aliphatic rings. The molecule has 1 spiro atoms. The predicted molar refractivity (Wildman–Crippen MR) is 86.9 cm³/mol. The van der Waals surface area contributed by atoms with Gasteiger partial charge in [0.15, 0.2) is 0 Å². The molecule has 0 aromatic carbocycles. The SMILES string of the molecule is Nc1nc(N[C@@]23CNCC2C3)c2c(n1)C1(CCCC1)CCC2. The highest BCUT2D eigenvalue weighted by atomic mass is 15.2. The molecule has 22 heavy (non-hydrogen) atoms. The third-order valence-corrected chi connectivity index (χ3v) is 6.60. The van der Waals surface area contributed by atoms with Crippen LogP contribution < -0.4 is 16.4 Å². The van der Waals surface area contributed by atoms with Crippen molar-refractivity contribution in [3.05, 3.63) is 11.3 Å². The maximum Gasteiger partial charge on any atom is 0.222 e. The fourth-order valence-corrected chi connectivity index (χ4v) is 5.31. The van der Waals surface area contributed by atoms with E-state index >= 15 is 0 Å². The average molecular weight is 299 g/mol. The van der Waals surface area contributed by atoms with Crippen LogP contribution >= 0.6 is 0 Å². The molecule has 2 heterocycles. The summed E-state index contributed by atoms with van der Waals surface area (Å²) in [5.74, 6) is 2.26. The van der Waals surface area contributed by atoms with Crippen LogP contribution in [0.4, 0.5) is 11.8 Å². The van der Waals surface area contributed by atoms with Crippen LogP contribution in [-0.2, 0) is 11.8 Å². The molecule has 0 bridgehead atoms. The number of piperidine rings is 1. The lowest BCUT2D eigenvalue weighted by atomic mass is 9.71. The van der Waals surface area contributed by atoms with Crippen molar-refractivity contribution in [3.63, 3.8) is 0 Å². The number of rotatable bonds is 2. The molecular weight excluding hydrogens is 274 g/mol. The van der Waals surface area contributed by atoms with E-state index in [1.807, 2.05) is 0 Å². The minimum atomic E-state index is 0.245. The second-order valence-corrected chi connectivity index (χ2v) is 7.91. The van der Waals surface area contributed by atoms with Gasteiger partial charge in [-0.3, -0.25) is 0 Å². The summed E-state index contributed by atoms with van der Waals surface area (Å²) in [4.78, 5) is 9.34. The lowest BCUT2D eigenvalue weighted by Crippen LogP contribution is -2.34. The molecule has 1 aromatic heterocycles. The van der Waals surface area contributed by atoms with Crippen molar-refractivity contribution in [1.82, 2.24) is 15.3 Å². The minimum absolute atomic E-state index is 0.245. The summed E-state index contributed by atoms with van der Waals surface area (Å²) in [6.45, 7) is 2.20. The van der Waals surface area contributed by atoms with Gasteiger partial charge in [0.05, 0.1) is 11.2 Å². The first-order valence-electron chi connectivity index (χ1n) is 8.87. The Bertz CT molecular complexity index is 622. The van der Waals surface area contributed by atoms with Gasteiger partial charge in [-0.1, -0.05) is 12.8 Å². The number of nitrogen functional groups attached to an aromatic ring is 1. The summed E-state index contributed by atoms with van der Waals surface area (Å²) in [5, 5.41) is 7.26. The van der Waals surface area contributed by atoms with Crippen LogP contribution in [0.1, 0.15) is 56.2 Å².